The maximum absolute atomic E-state index is 9.59. The summed E-state index contributed by atoms with van der Waals surface area (Å²) in [6.07, 6.45) is 0. The van der Waals surface area contributed by atoms with E-state index < -0.39 is 0 Å². The summed E-state index contributed by atoms with van der Waals surface area (Å²) in [7, 11) is 0. The second-order valence-electron chi connectivity index (χ2n) is 3.14. The van der Waals surface area contributed by atoms with Crippen molar-refractivity contribution in [1.29, 1.82) is 0 Å². The zero-order valence-corrected chi connectivity index (χ0v) is 9.66. The van der Waals surface area contributed by atoms with Crippen LogP contribution in [0, 0.1) is 0 Å². The molecule has 0 radical (unpaired) electrons. The molecule has 0 atom stereocenters. The number of halogens is 2. The minimum absolute atomic E-state index is 0.0209. The molecule has 2 aromatic rings. The largest absolute Gasteiger partial charge is 0.504 e. The van der Waals surface area contributed by atoms with Crippen LogP contribution in [0.3, 0.4) is 0 Å². The summed E-state index contributed by atoms with van der Waals surface area (Å²) < 4.78 is 5.45. The van der Waals surface area contributed by atoms with E-state index in [1.54, 1.807) is 36.4 Å². The van der Waals surface area contributed by atoms with Crippen molar-refractivity contribution in [1.82, 2.24) is 0 Å². The Balaban J connectivity index is 2.31. The molecule has 0 saturated carbocycles. The van der Waals surface area contributed by atoms with Crippen LogP contribution in [-0.4, -0.2) is 5.11 Å². The zero-order chi connectivity index (χ0) is 11.5. The number of phenolic OH excluding ortho intramolecular Hbond substituents is 1. The van der Waals surface area contributed by atoms with Crippen LogP contribution >= 0.6 is 23.2 Å². The second-order valence-corrected chi connectivity index (χ2v) is 3.99. The lowest BCUT2D eigenvalue weighted by atomic mass is 10.3. The Morgan fingerprint density at radius 1 is 0.938 bits per heavy atom. The maximum atomic E-state index is 9.59. The summed E-state index contributed by atoms with van der Waals surface area (Å²) in [5, 5.41) is 10.5. The van der Waals surface area contributed by atoms with E-state index >= 15 is 0 Å². The highest BCUT2D eigenvalue weighted by atomic mass is 35.5. The highest BCUT2D eigenvalue weighted by Crippen LogP contribution is 2.35. The van der Waals surface area contributed by atoms with E-state index in [9.17, 15) is 5.11 Å². The van der Waals surface area contributed by atoms with E-state index in [0.717, 1.165) is 0 Å². The molecule has 0 aliphatic heterocycles. The number of phenols is 1. The Bertz CT molecular complexity index is 512. The molecule has 1 N–H and O–H groups in total. The fourth-order valence-corrected chi connectivity index (χ4v) is 1.56. The predicted octanol–water partition coefficient (Wildman–Crippen LogP) is 4.49. The van der Waals surface area contributed by atoms with E-state index in [-0.39, 0.29) is 5.75 Å². The van der Waals surface area contributed by atoms with Crippen molar-refractivity contribution in [2.45, 2.75) is 0 Å². The van der Waals surface area contributed by atoms with Gasteiger partial charge in [-0.15, -0.1) is 0 Å². The van der Waals surface area contributed by atoms with Crippen LogP contribution < -0.4 is 4.74 Å². The third-order valence-corrected chi connectivity index (χ3v) is 2.52. The normalized spacial score (nSPS) is 10.1. The lowest BCUT2D eigenvalue weighted by Crippen LogP contribution is -1.85. The van der Waals surface area contributed by atoms with Crippen LogP contribution in [0.5, 0.6) is 17.2 Å². The van der Waals surface area contributed by atoms with Gasteiger partial charge in [0, 0.05) is 11.1 Å². The number of ether oxygens (including phenoxy) is 1. The lowest BCUT2D eigenvalue weighted by Gasteiger charge is -2.08. The molecule has 0 aliphatic carbocycles. The molecule has 2 nitrogen and oxygen atoms in total. The Hall–Kier alpha value is -1.38. The summed E-state index contributed by atoms with van der Waals surface area (Å²) in [5.74, 6) is 0.784. The van der Waals surface area contributed by atoms with Gasteiger partial charge in [-0.2, -0.15) is 0 Å². The molecule has 0 saturated heterocycles. The number of benzene rings is 2. The monoisotopic (exact) mass is 254 g/mol. The lowest BCUT2D eigenvalue weighted by molar-refractivity contribution is 0.411. The van der Waals surface area contributed by atoms with Crippen molar-refractivity contribution in [3.05, 3.63) is 52.5 Å². The highest BCUT2D eigenvalue weighted by molar-refractivity contribution is 6.32. The molecular formula is C12H8Cl2O2. The van der Waals surface area contributed by atoms with E-state index in [1.807, 2.05) is 0 Å². The summed E-state index contributed by atoms with van der Waals surface area (Å²) in [5.41, 5.74) is 0. The van der Waals surface area contributed by atoms with E-state index in [4.69, 9.17) is 27.9 Å². The Kier molecular flexibility index (Phi) is 3.22. The number of rotatable bonds is 2. The van der Waals surface area contributed by atoms with Gasteiger partial charge in [0.15, 0.2) is 11.5 Å². The molecule has 0 aliphatic rings. The Morgan fingerprint density at radius 3 is 2.38 bits per heavy atom. The molecule has 0 heterocycles. The SMILES string of the molecule is Oc1cc(Cl)ccc1Oc1ccccc1Cl. The van der Waals surface area contributed by atoms with E-state index in [2.05, 4.69) is 0 Å². The van der Waals surface area contributed by atoms with Gasteiger partial charge >= 0.3 is 0 Å². The van der Waals surface area contributed by atoms with Gasteiger partial charge in [-0.25, -0.2) is 0 Å². The third-order valence-electron chi connectivity index (χ3n) is 1.98. The summed E-state index contributed by atoms with van der Waals surface area (Å²) in [6.45, 7) is 0. The quantitative estimate of drug-likeness (QED) is 0.856. The maximum Gasteiger partial charge on any atom is 0.169 e. The topological polar surface area (TPSA) is 29.5 Å². The average molecular weight is 255 g/mol. The Morgan fingerprint density at radius 2 is 1.69 bits per heavy atom. The second kappa shape index (κ2) is 4.64. The average Bonchev–Trinajstić information content (AvgIpc) is 2.25. The fourth-order valence-electron chi connectivity index (χ4n) is 1.22. The van der Waals surface area contributed by atoms with Gasteiger partial charge in [0.05, 0.1) is 5.02 Å². The smallest absolute Gasteiger partial charge is 0.169 e. The number of hydrogen-bond donors (Lipinski definition) is 1. The highest BCUT2D eigenvalue weighted by Gasteiger charge is 2.06. The van der Waals surface area contributed by atoms with Gasteiger partial charge in [-0.05, 0) is 24.3 Å². The molecule has 2 aromatic carbocycles. The third kappa shape index (κ3) is 2.40. The molecule has 0 unspecified atom stereocenters. The van der Waals surface area contributed by atoms with E-state index in [0.29, 0.717) is 21.5 Å². The van der Waals surface area contributed by atoms with Gasteiger partial charge in [0.2, 0.25) is 0 Å². The van der Waals surface area contributed by atoms with Gasteiger partial charge in [0.25, 0.3) is 0 Å². The van der Waals surface area contributed by atoms with Crippen molar-refractivity contribution < 1.29 is 9.84 Å². The van der Waals surface area contributed by atoms with Crippen LogP contribution in [0.1, 0.15) is 0 Å². The van der Waals surface area contributed by atoms with Gasteiger partial charge in [-0.1, -0.05) is 35.3 Å². The van der Waals surface area contributed by atoms with Crippen LogP contribution in [-0.2, 0) is 0 Å². The molecule has 0 spiro atoms. The summed E-state index contributed by atoms with van der Waals surface area (Å²) in [6, 6.07) is 11.7. The van der Waals surface area contributed by atoms with Crippen molar-refractivity contribution >= 4 is 23.2 Å². The molecule has 16 heavy (non-hydrogen) atoms. The van der Waals surface area contributed by atoms with Crippen molar-refractivity contribution in [2.24, 2.45) is 0 Å². The van der Waals surface area contributed by atoms with Crippen molar-refractivity contribution in [3.8, 4) is 17.2 Å². The molecule has 4 heteroatoms. The first-order valence-electron chi connectivity index (χ1n) is 4.58. The van der Waals surface area contributed by atoms with Gasteiger partial charge in [0.1, 0.15) is 5.75 Å². The van der Waals surface area contributed by atoms with Crippen LogP contribution in [0.15, 0.2) is 42.5 Å². The first-order chi connectivity index (χ1) is 7.66. The minimum atomic E-state index is -0.0209. The molecular weight excluding hydrogens is 247 g/mol. The number of para-hydroxylation sites is 1. The van der Waals surface area contributed by atoms with Crippen LogP contribution in [0.25, 0.3) is 0 Å². The van der Waals surface area contributed by atoms with Crippen molar-refractivity contribution in [2.75, 3.05) is 0 Å². The molecule has 2 rings (SSSR count). The summed E-state index contributed by atoms with van der Waals surface area (Å²) >= 11 is 11.6. The first-order valence-corrected chi connectivity index (χ1v) is 5.33. The minimum Gasteiger partial charge on any atom is -0.504 e. The van der Waals surface area contributed by atoms with Crippen molar-refractivity contribution in [3.63, 3.8) is 0 Å². The first kappa shape index (κ1) is 11.1. The molecule has 0 amide bonds. The molecule has 0 bridgehead atoms. The van der Waals surface area contributed by atoms with Gasteiger partial charge < -0.3 is 9.84 Å². The molecule has 0 aromatic heterocycles. The predicted molar refractivity (Wildman–Crippen MR) is 64.6 cm³/mol. The van der Waals surface area contributed by atoms with Crippen LogP contribution in [0.4, 0.5) is 0 Å². The Labute approximate surface area is 103 Å². The number of aromatic hydroxyl groups is 1. The van der Waals surface area contributed by atoms with Gasteiger partial charge in [-0.3, -0.25) is 0 Å². The number of hydrogen-bond acceptors (Lipinski definition) is 2. The van der Waals surface area contributed by atoms with Crippen LogP contribution in [0.2, 0.25) is 10.0 Å². The zero-order valence-electron chi connectivity index (χ0n) is 8.15. The van der Waals surface area contributed by atoms with E-state index in [1.165, 1.54) is 6.07 Å². The fraction of sp³-hybridized carbons (Fsp3) is 0. The molecule has 0 fully saturated rings. The standard InChI is InChI=1S/C12H8Cl2O2/c13-8-5-6-12(10(15)7-8)16-11-4-2-1-3-9(11)14/h1-7,15H. The summed E-state index contributed by atoms with van der Waals surface area (Å²) in [4.78, 5) is 0. The molecule has 82 valence electrons.